The average Bonchev–Trinajstić information content (AvgIpc) is 1.56. The standard InChI is InChI=1S/C92H152N22O24/c1-47(2)42-58(71(126)109-92(26,27)83(138)114-41-31-34-59(114)72(127)103-65(48(3)4)73(128)111-91(24,25)82(137)113-88(18,19)78(133)101-56(36-39-62(94)119)69(124)100-55(35-38-61(93)118)60(117)44-54(46-115)43-53-32-29-28-30-33-53)99-64(121)45-96-75(130)84(10,11)110-74(129)66(49(5)6)104-80(135)87(16,17)108-70(125)57(37-40-63(95)120)102-79(134)89(20,21)112-81(136)90(22,23)107-68(123)51(8)98-77(132)86(14,15)106-67(122)50(7)97-76(131)85(12,13)105-52(9)116/h28-30,32-33,47-51,54-59,65-66,115H,31,34-46H2,1-27H3,(H2,93,118)(H2,94,119)(H2,95,120)(H,96,130)(H,97,131)(H,98,132)(H,99,121)(H,100,124)(H,101,133)(H,102,134)(H,103,127)(H,104,135)(H,105,116)(H,106,122)(H,107,123)(H,108,125)(H,109,126)(H,110,129)(H,111,128)(H,112,136)(H,113,137). The Labute approximate surface area is 806 Å². The lowest BCUT2D eigenvalue weighted by molar-refractivity contribution is -0.146. The zero-order valence-electron chi connectivity index (χ0n) is 84.8. The summed E-state index contributed by atoms with van der Waals surface area (Å²) in [5.74, 6) is -21.7. The normalized spacial score (nSPS) is 15.2. The van der Waals surface area contributed by atoms with Crippen LogP contribution in [0.4, 0.5) is 0 Å². The van der Waals surface area contributed by atoms with E-state index in [1.54, 1.807) is 59.7 Å². The van der Waals surface area contributed by atoms with Crippen molar-refractivity contribution in [2.24, 2.45) is 40.9 Å². The fourth-order valence-electron chi connectivity index (χ4n) is 14.0. The third-order valence-electron chi connectivity index (χ3n) is 22.7. The number of aliphatic hydroxyl groups excluding tert-OH is 1. The first-order valence-corrected chi connectivity index (χ1v) is 45.9. The molecule has 774 valence electrons. The van der Waals surface area contributed by atoms with Crippen molar-refractivity contribution < 1.29 is 115 Å². The molecule has 1 aromatic rings. The summed E-state index contributed by atoms with van der Waals surface area (Å²) < 4.78 is 0. The number of carbonyl (C=O) groups excluding carboxylic acids is 23. The molecule has 1 aromatic carbocycles. The number of primary amides is 3. The summed E-state index contributed by atoms with van der Waals surface area (Å²) in [5, 5.41) is 55.8. The average molecular weight is 1950 g/mol. The Balaban J connectivity index is 2.18. The number of hydrogen-bond donors (Lipinski definition) is 22. The molecule has 0 bridgehead atoms. The molecule has 25 N–H and O–H groups in total. The third kappa shape index (κ3) is 38.6. The lowest BCUT2D eigenvalue weighted by Crippen LogP contribution is -2.67. The van der Waals surface area contributed by atoms with Crippen LogP contribution in [0.2, 0.25) is 0 Å². The van der Waals surface area contributed by atoms with Gasteiger partial charge in [0.15, 0.2) is 5.78 Å². The number of rotatable bonds is 55. The molecule has 46 heteroatoms. The molecular formula is C92H152N22O24. The fourth-order valence-corrected chi connectivity index (χ4v) is 14.0. The van der Waals surface area contributed by atoms with Crippen molar-refractivity contribution in [1.29, 1.82) is 0 Å². The van der Waals surface area contributed by atoms with Gasteiger partial charge in [0.05, 0.1) is 12.6 Å². The number of aliphatic hydroxyl groups is 1. The number of benzene rings is 1. The number of amides is 22. The van der Waals surface area contributed by atoms with Crippen LogP contribution >= 0.6 is 0 Å². The van der Waals surface area contributed by atoms with E-state index in [-0.39, 0.29) is 51.0 Å². The second-order valence-corrected chi connectivity index (χ2v) is 41.1. The predicted molar refractivity (Wildman–Crippen MR) is 505 cm³/mol. The second kappa shape index (κ2) is 51.0. The van der Waals surface area contributed by atoms with Crippen LogP contribution < -0.4 is 113 Å². The van der Waals surface area contributed by atoms with E-state index in [1.165, 1.54) is 150 Å². The molecule has 0 radical (unpaired) electrons. The number of nitrogens with zero attached hydrogens (tertiary/aromatic N) is 1. The molecule has 0 saturated carbocycles. The van der Waals surface area contributed by atoms with Crippen molar-refractivity contribution >= 4 is 136 Å². The van der Waals surface area contributed by atoms with E-state index in [9.17, 15) is 115 Å². The summed E-state index contributed by atoms with van der Waals surface area (Å²) >= 11 is 0. The van der Waals surface area contributed by atoms with Crippen LogP contribution in [0.25, 0.3) is 0 Å². The number of nitrogens with one attached hydrogen (secondary N) is 18. The van der Waals surface area contributed by atoms with Gasteiger partial charge in [0, 0.05) is 45.8 Å². The minimum atomic E-state index is -1.92. The largest absolute Gasteiger partial charge is 0.396 e. The van der Waals surface area contributed by atoms with Gasteiger partial charge in [0.1, 0.15) is 98.2 Å². The third-order valence-corrected chi connectivity index (χ3v) is 22.7. The molecular weight excluding hydrogens is 1800 g/mol. The zero-order valence-corrected chi connectivity index (χ0v) is 84.8. The summed E-state index contributed by atoms with van der Waals surface area (Å²) in [6, 6.07) is -3.30. The van der Waals surface area contributed by atoms with E-state index < -0.39 is 290 Å². The Kier molecular flexibility index (Phi) is 44.8. The quantitative estimate of drug-likeness (QED) is 0.0296. The number of ketones is 1. The van der Waals surface area contributed by atoms with E-state index in [0.717, 1.165) is 5.56 Å². The highest BCUT2D eigenvalue weighted by atomic mass is 16.3. The van der Waals surface area contributed by atoms with Crippen molar-refractivity contribution in [2.75, 3.05) is 19.7 Å². The van der Waals surface area contributed by atoms with Crippen molar-refractivity contribution in [1.82, 2.24) is 101 Å². The van der Waals surface area contributed by atoms with Crippen LogP contribution in [0.15, 0.2) is 30.3 Å². The molecule has 1 fully saturated rings. The van der Waals surface area contributed by atoms with Gasteiger partial charge in [-0.1, -0.05) is 71.9 Å². The molecule has 0 aromatic heterocycles. The van der Waals surface area contributed by atoms with Crippen LogP contribution in [0, 0.1) is 23.7 Å². The van der Waals surface area contributed by atoms with Crippen LogP contribution in [-0.4, -0.2) is 270 Å². The zero-order chi connectivity index (χ0) is 107. The number of likely N-dealkylation sites (tertiary alicyclic amines) is 1. The molecule has 1 aliphatic heterocycles. The van der Waals surface area contributed by atoms with Gasteiger partial charge in [-0.3, -0.25) is 110 Å². The van der Waals surface area contributed by atoms with Gasteiger partial charge in [-0.05, 0) is 213 Å². The molecule has 10 unspecified atom stereocenters. The number of nitrogens with two attached hydrogens (primary N) is 3. The highest BCUT2D eigenvalue weighted by molar-refractivity contribution is 6.05. The molecule has 1 aliphatic rings. The second-order valence-electron chi connectivity index (χ2n) is 41.1. The number of hydrogen-bond acceptors (Lipinski definition) is 24. The topological polar surface area (TPSA) is 711 Å². The van der Waals surface area contributed by atoms with Crippen molar-refractivity contribution in [3.05, 3.63) is 35.9 Å². The summed E-state index contributed by atoms with van der Waals surface area (Å²) in [4.78, 5) is 313. The van der Waals surface area contributed by atoms with Gasteiger partial charge >= 0.3 is 0 Å². The summed E-state index contributed by atoms with van der Waals surface area (Å²) in [6.07, 6.45) is -1.78. The monoisotopic (exact) mass is 1950 g/mol. The number of Topliss-reactive ketones (excluding diaryl/α,β-unsaturated/α-hetero) is 1. The highest BCUT2D eigenvalue weighted by Gasteiger charge is 2.48. The SMILES string of the molecule is CC(=O)NC(C)(C)C(=O)NC(C)C(=O)NC(C)(C)C(=O)NC(C)C(=O)NC(C)(C)C(=O)NC(C)(C)C(=O)NC(CCC(N)=O)C(=O)NC(C)(C)C(=O)NC(C(=O)NC(C)(C)C(=O)NCC(=O)NC(CC(C)C)C(=O)NC(C)(C)C(=O)N1CCCC1C(=O)NC(C(=O)NC(C)(C)C(=O)NC(C)(C)C(=O)NC(CCC(N)=O)C(=O)NC(CCC(N)=O)C(=O)CC(CO)Cc1ccccc1)C(C)C)C(C)C. The molecule has 22 amide bonds. The lowest BCUT2D eigenvalue weighted by atomic mass is 9.91. The van der Waals surface area contributed by atoms with Crippen LogP contribution in [0.5, 0.6) is 0 Å². The van der Waals surface area contributed by atoms with E-state index >= 15 is 0 Å². The number of carbonyl (C=O) groups is 23. The van der Waals surface area contributed by atoms with E-state index in [4.69, 9.17) is 17.2 Å². The Morgan fingerprint density at radius 1 is 0.384 bits per heavy atom. The molecule has 1 saturated heterocycles. The maximum absolute atomic E-state index is 14.6. The van der Waals surface area contributed by atoms with Crippen molar-refractivity contribution in [3.8, 4) is 0 Å². The lowest BCUT2D eigenvalue weighted by Gasteiger charge is -2.36. The first-order valence-electron chi connectivity index (χ1n) is 45.9. The molecule has 0 spiro atoms. The molecule has 1 heterocycles. The minimum Gasteiger partial charge on any atom is -0.396 e. The van der Waals surface area contributed by atoms with Crippen LogP contribution in [0.3, 0.4) is 0 Å². The maximum Gasteiger partial charge on any atom is 0.248 e. The van der Waals surface area contributed by atoms with Crippen LogP contribution in [-0.2, 0) is 117 Å². The van der Waals surface area contributed by atoms with Crippen molar-refractivity contribution in [2.45, 2.75) is 362 Å². The van der Waals surface area contributed by atoms with Gasteiger partial charge in [-0.25, -0.2) is 0 Å². The molecule has 138 heavy (non-hydrogen) atoms. The van der Waals surface area contributed by atoms with Gasteiger partial charge in [0.2, 0.25) is 130 Å². The highest BCUT2D eigenvalue weighted by Crippen LogP contribution is 2.25. The Morgan fingerprint density at radius 2 is 0.739 bits per heavy atom. The van der Waals surface area contributed by atoms with Gasteiger partial charge in [-0.2, -0.15) is 0 Å². The van der Waals surface area contributed by atoms with Gasteiger partial charge in [-0.15, -0.1) is 0 Å². The first kappa shape index (κ1) is 121. The van der Waals surface area contributed by atoms with Gasteiger partial charge in [0.25, 0.3) is 0 Å². The Hall–Kier alpha value is -12.8. The maximum atomic E-state index is 14.6. The minimum absolute atomic E-state index is 0.00693. The summed E-state index contributed by atoms with van der Waals surface area (Å²) in [7, 11) is 0. The van der Waals surface area contributed by atoms with E-state index in [1.807, 2.05) is 12.1 Å². The van der Waals surface area contributed by atoms with Crippen molar-refractivity contribution in [3.63, 3.8) is 0 Å². The fraction of sp³-hybridized carbons (Fsp3) is 0.685. The summed E-state index contributed by atoms with van der Waals surface area (Å²) in [6.45, 7) is 36.2. The first-order chi connectivity index (χ1) is 63.0. The predicted octanol–water partition coefficient (Wildman–Crippen LogP) is -3.95. The van der Waals surface area contributed by atoms with E-state index in [2.05, 4.69) is 95.7 Å². The Morgan fingerprint density at radius 3 is 1.15 bits per heavy atom. The molecule has 0 aliphatic carbocycles. The molecule has 10 atom stereocenters. The summed E-state index contributed by atoms with van der Waals surface area (Å²) in [5.41, 5.74) is 1.11. The smallest absolute Gasteiger partial charge is 0.248 e. The van der Waals surface area contributed by atoms with Gasteiger partial charge < -0.3 is 123 Å². The van der Waals surface area contributed by atoms with E-state index in [0.29, 0.717) is 12.8 Å². The van der Waals surface area contributed by atoms with Crippen LogP contribution in [0.1, 0.15) is 257 Å². The Bertz CT molecular complexity index is 4650. The molecule has 2 rings (SSSR count). The molecule has 46 nitrogen and oxygen atoms in total.